The van der Waals surface area contributed by atoms with E-state index in [0.29, 0.717) is 5.56 Å². The zero-order valence-electron chi connectivity index (χ0n) is 12.4. The molecule has 0 aromatic heterocycles. The molecule has 0 heterocycles. The molecule has 5 heteroatoms. The summed E-state index contributed by atoms with van der Waals surface area (Å²) in [6.45, 7) is 0. The van der Waals surface area contributed by atoms with Gasteiger partial charge in [-0.3, -0.25) is 15.2 Å². The van der Waals surface area contributed by atoms with Crippen molar-refractivity contribution in [2.45, 2.75) is 0 Å². The van der Waals surface area contributed by atoms with E-state index in [-0.39, 0.29) is 11.7 Å². The lowest BCUT2D eigenvalue weighted by molar-refractivity contribution is -0.116. The molecule has 0 bridgehead atoms. The van der Waals surface area contributed by atoms with Gasteiger partial charge in [0.05, 0.1) is 12.8 Å². The van der Waals surface area contributed by atoms with E-state index in [9.17, 15) is 9.18 Å². The standard InChI is InChI=1S/C17H17FN2O2/c1-20(14-6-4-3-5-7-14)19-17(21)11-9-13-8-10-16(22-2)15(18)12-13/h3-12H,1-2H3,(H,19,21)/b11-9+. The summed E-state index contributed by atoms with van der Waals surface area (Å²) in [6.07, 6.45) is 2.89. The van der Waals surface area contributed by atoms with Crippen LogP contribution in [0.1, 0.15) is 5.56 Å². The Hall–Kier alpha value is -2.82. The molecule has 0 aliphatic carbocycles. The molecule has 1 amide bonds. The van der Waals surface area contributed by atoms with Gasteiger partial charge in [-0.2, -0.15) is 0 Å². The Kier molecular flexibility index (Phi) is 5.14. The van der Waals surface area contributed by atoms with Crippen molar-refractivity contribution >= 4 is 17.7 Å². The number of anilines is 1. The fourth-order valence-electron chi connectivity index (χ4n) is 1.88. The summed E-state index contributed by atoms with van der Waals surface area (Å²) >= 11 is 0. The lowest BCUT2D eigenvalue weighted by atomic mass is 10.2. The summed E-state index contributed by atoms with van der Waals surface area (Å²) < 4.78 is 18.4. The van der Waals surface area contributed by atoms with Crippen LogP contribution in [0.4, 0.5) is 10.1 Å². The van der Waals surface area contributed by atoms with Crippen molar-refractivity contribution < 1.29 is 13.9 Å². The van der Waals surface area contributed by atoms with Gasteiger partial charge in [-0.15, -0.1) is 0 Å². The minimum absolute atomic E-state index is 0.172. The van der Waals surface area contributed by atoms with E-state index in [1.54, 1.807) is 18.1 Å². The first-order valence-corrected chi connectivity index (χ1v) is 6.71. The maximum Gasteiger partial charge on any atom is 0.262 e. The second kappa shape index (κ2) is 7.26. The summed E-state index contributed by atoms with van der Waals surface area (Å²) in [4.78, 5) is 11.9. The highest BCUT2D eigenvalue weighted by Gasteiger charge is 2.04. The molecule has 0 saturated heterocycles. The molecule has 0 fully saturated rings. The number of rotatable bonds is 5. The number of hydrogen-bond acceptors (Lipinski definition) is 3. The summed E-state index contributed by atoms with van der Waals surface area (Å²) in [7, 11) is 3.15. The number of ether oxygens (including phenoxy) is 1. The molecule has 0 atom stereocenters. The van der Waals surface area contributed by atoms with Crippen molar-refractivity contribution in [3.05, 3.63) is 66.0 Å². The monoisotopic (exact) mass is 300 g/mol. The van der Waals surface area contributed by atoms with Crippen LogP contribution in [0.3, 0.4) is 0 Å². The second-order valence-electron chi connectivity index (χ2n) is 4.60. The third kappa shape index (κ3) is 4.09. The minimum atomic E-state index is -0.466. The highest BCUT2D eigenvalue weighted by Crippen LogP contribution is 2.18. The second-order valence-corrected chi connectivity index (χ2v) is 4.60. The van der Waals surface area contributed by atoms with E-state index >= 15 is 0 Å². The van der Waals surface area contributed by atoms with Crippen LogP contribution < -0.4 is 15.2 Å². The fraction of sp³-hybridized carbons (Fsp3) is 0.118. The number of nitrogens with one attached hydrogen (secondary N) is 1. The van der Waals surface area contributed by atoms with Crippen LogP contribution in [-0.2, 0) is 4.79 Å². The zero-order chi connectivity index (χ0) is 15.9. The van der Waals surface area contributed by atoms with Crippen molar-refractivity contribution in [1.29, 1.82) is 0 Å². The number of carbonyl (C=O) groups is 1. The van der Waals surface area contributed by atoms with Crippen LogP contribution in [0.2, 0.25) is 0 Å². The van der Waals surface area contributed by atoms with Gasteiger partial charge in [0.15, 0.2) is 11.6 Å². The summed E-state index contributed by atoms with van der Waals surface area (Å²) in [5, 5.41) is 1.61. The third-order valence-corrected chi connectivity index (χ3v) is 3.02. The summed E-state index contributed by atoms with van der Waals surface area (Å²) in [5.74, 6) is -0.598. The van der Waals surface area contributed by atoms with Crippen LogP contribution in [-0.4, -0.2) is 20.1 Å². The normalized spacial score (nSPS) is 10.5. The van der Waals surface area contributed by atoms with Crippen molar-refractivity contribution in [3.63, 3.8) is 0 Å². The number of para-hydroxylation sites is 1. The third-order valence-electron chi connectivity index (χ3n) is 3.02. The molecule has 0 saturated carbocycles. The Labute approximate surface area is 128 Å². The van der Waals surface area contributed by atoms with E-state index in [1.807, 2.05) is 30.3 Å². The van der Waals surface area contributed by atoms with Gasteiger partial charge in [0.25, 0.3) is 5.91 Å². The molecule has 114 valence electrons. The number of hydrogen-bond donors (Lipinski definition) is 1. The lowest BCUT2D eigenvalue weighted by Crippen LogP contribution is -2.38. The Morgan fingerprint density at radius 2 is 1.95 bits per heavy atom. The number of halogens is 1. The highest BCUT2D eigenvalue weighted by molar-refractivity contribution is 5.92. The molecule has 0 aliphatic heterocycles. The zero-order valence-corrected chi connectivity index (χ0v) is 12.4. The average Bonchev–Trinajstić information content (AvgIpc) is 2.54. The first kappa shape index (κ1) is 15.6. The fourth-order valence-corrected chi connectivity index (χ4v) is 1.88. The first-order chi connectivity index (χ1) is 10.6. The van der Waals surface area contributed by atoms with Gasteiger partial charge >= 0.3 is 0 Å². The molecule has 4 nitrogen and oxygen atoms in total. The van der Waals surface area contributed by atoms with Crippen LogP contribution >= 0.6 is 0 Å². The van der Waals surface area contributed by atoms with Crippen molar-refractivity contribution in [3.8, 4) is 5.75 Å². The smallest absolute Gasteiger partial charge is 0.262 e. The molecular weight excluding hydrogens is 283 g/mol. The van der Waals surface area contributed by atoms with Gasteiger partial charge < -0.3 is 4.74 Å². The van der Waals surface area contributed by atoms with Crippen LogP contribution in [0.25, 0.3) is 6.08 Å². The summed E-state index contributed by atoms with van der Waals surface area (Å²) in [6, 6.07) is 13.9. The minimum Gasteiger partial charge on any atom is -0.494 e. The largest absolute Gasteiger partial charge is 0.494 e. The predicted molar refractivity (Wildman–Crippen MR) is 85.0 cm³/mol. The molecule has 0 aliphatic rings. The summed E-state index contributed by atoms with van der Waals surface area (Å²) in [5.41, 5.74) is 4.13. The maximum absolute atomic E-state index is 13.5. The lowest BCUT2D eigenvalue weighted by Gasteiger charge is -2.19. The molecule has 2 aromatic carbocycles. The number of benzene rings is 2. The highest BCUT2D eigenvalue weighted by atomic mass is 19.1. The number of hydrazine groups is 1. The van der Waals surface area contributed by atoms with Gasteiger partial charge in [-0.05, 0) is 35.9 Å². The van der Waals surface area contributed by atoms with E-state index in [2.05, 4.69) is 5.43 Å². The van der Waals surface area contributed by atoms with Gasteiger partial charge in [0.2, 0.25) is 0 Å². The quantitative estimate of drug-likeness (QED) is 0.682. The van der Waals surface area contributed by atoms with E-state index in [0.717, 1.165) is 5.69 Å². The first-order valence-electron chi connectivity index (χ1n) is 6.71. The van der Waals surface area contributed by atoms with E-state index in [1.165, 1.54) is 31.4 Å². The van der Waals surface area contributed by atoms with Crippen molar-refractivity contribution in [2.75, 3.05) is 19.2 Å². The van der Waals surface area contributed by atoms with Crippen molar-refractivity contribution in [1.82, 2.24) is 5.43 Å². The predicted octanol–water partition coefficient (Wildman–Crippen LogP) is 3.02. The van der Waals surface area contributed by atoms with Gasteiger partial charge in [-0.1, -0.05) is 24.3 Å². The molecule has 1 N–H and O–H groups in total. The van der Waals surface area contributed by atoms with Crippen molar-refractivity contribution in [2.24, 2.45) is 0 Å². The molecule has 2 rings (SSSR count). The van der Waals surface area contributed by atoms with E-state index in [4.69, 9.17) is 4.74 Å². The SMILES string of the molecule is COc1ccc(/C=C/C(=O)NN(C)c2ccccc2)cc1F. The number of amides is 1. The van der Waals surface area contributed by atoms with Crippen LogP contribution in [0.5, 0.6) is 5.75 Å². The number of methoxy groups -OCH3 is 1. The number of carbonyl (C=O) groups excluding carboxylic acids is 1. The van der Waals surface area contributed by atoms with Crippen LogP contribution in [0.15, 0.2) is 54.6 Å². The Morgan fingerprint density at radius 3 is 2.59 bits per heavy atom. The topological polar surface area (TPSA) is 41.6 Å². The Morgan fingerprint density at radius 1 is 1.23 bits per heavy atom. The molecule has 0 unspecified atom stereocenters. The van der Waals surface area contributed by atoms with Gasteiger partial charge in [-0.25, -0.2) is 4.39 Å². The Balaban J connectivity index is 1.98. The van der Waals surface area contributed by atoms with E-state index < -0.39 is 5.82 Å². The molecule has 0 spiro atoms. The molecular formula is C17H17FN2O2. The van der Waals surface area contributed by atoms with Crippen LogP contribution in [0, 0.1) is 5.82 Å². The average molecular weight is 300 g/mol. The van der Waals surface area contributed by atoms with Gasteiger partial charge in [0, 0.05) is 13.1 Å². The number of nitrogens with zero attached hydrogens (tertiary/aromatic N) is 1. The maximum atomic E-state index is 13.5. The molecule has 0 radical (unpaired) electrons. The Bertz CT molecular complexity index is 672. The molecule has 2 aromatic rings. The van der Waals surface area contributed by atoms with Gasteiger partial charge in [0.1, 0.15) is 0 Å². The molecule has 22 heavy (non-hydrogen) atoms.